The van der Waals surface area contributed by atoms with E-state index in [0.29, 0.717) is 11.4 Å². The summed E-state index contributed by atoms with van der Waals surface area (Å²) in [4.78, 5) is 24.3. The van der Waals surface area contributed by atoms with E-state index < -0.39 is 28.5 Å². The number of esters is 1. The molecule has 1 N–H and O–H groups in total. The van der Waals surface area contributed by atoms with Crippen molar-refractivity contribution in [2.75, 3.05) is 23.3 Å². The molecule has 0 aromatic heterocycles. The molecular formula is C23H18ClN3O5S. The minimum Gasteiger partial charge on any atom is -0.452 e. The number of carbonyl (C=O) groups excluding carboxylic acids is 2. The average molecular weight is 484 g/mol. The number of carbonyl (C=O) groups is 2. The first-order valence-electron chi connectivity index (χ1n) is 9.53. The Labute approximate surface area is 196 Å². The van der Waals surface area contributed by atoms with Crippen molar-refractivity contribution in [3.63, 3.8) is 0 Å². The Morgan fingerprint density at radius 2 is 1.73 bits per heavy atom. The number of hydrogen-bond donors (Lipinski definition) is 1. The van der Waals surface area contributed by atoms with Crippen LogP contribution in [0.1, 0.15) is 15.9 Å². The molecule has 0 saturated carbocycles. The van der Waals surface area contributed by atoms with E-state index in [1.807, 2.05) is 6.07 Å². The normalized spacial score (nSPS) is 10.7. The van der Waals surface area contributed by atoms with Crippen molar-refractivity contribution < 1.29 is 22.7 Å². The second-order valence-corrected chi connectivity index (χ2v) is 9.14. The summed E-state index contributed by atoms with van der Waals surface area (Å²) in [7, 11) is -2.38. The molecule has 0 atom stereocenters. The highest BCUT2D eigenvalue weighted by molar-refractivity contribution is 7.92. The molecule has 3 aromatic carbocycles. The molecule has 3 aromatic rings. The number of nitrogens with zero attached hydrogens (tertiary/aromatic N) is 2. The van der Waals surface area contributed by atoms with Crippen LogP contribution in [0.4, 0.5) is 11.4 Å². The standard InChI is InChI=1S/C23H18ClN3O5S/c1-27(19-5-3-2-4-6-19)33(30,31)20-11-8-16(9-12-20)23(29)32-15-22(28)26-18-10-7-17(14-25)21(24)13-18/h2-13H,15H2,1H3,(H,26,28). The van der Waals surface area contributed by atoms with Gasteiger partial charge in [-0.05, 0) is 54.6 Å². The van der Waals surface area contributed by atoms with E-state index in [1.54, 1.807) is 30.3 Å². The fourth-order valence-electron chi connectivity index (χ4n) is 2.79. The van der Waals surface area contributed by atoms with Crippen molar-refractivity contribution in [1.82, 2.24) is 0 Å². The molecule has 0 radical (unpaired) electrons. The van der Waals surface area contributed by atoms with Gasteiger partial charge in [0.1, 0.15) is 6.07 Å². The molecule has 0 aliphatic rings. The zero-order chi connectivity index (χ0) is 24.0. The molecule has 10 heteroatoms. The van der Waals surface area contributed by atoms with Crippen molar-refractivity contribution in [2.24, 2.45) is 0 Å². The number of hydrogen-bond acceptors (Lipinski definition) is 6. The largest absolute Gasteiger partial charge is 0.452 e. The van der Waals surface area contributed by atoms with Gasteiger partial charge in [0.15, 0.2) is 6.61 Å². The van der Waals surface area contributed by atoms with Gasteiger partial charge in [-0.3, -0.25) is 9.10 Å². The SMILES string of the molecule is CN(c1ccccc1)S(=O)(=O)c1ccc(C(=O)OCC(=O)Nc2ccc(C#N)c(Cl)c2)cc1. The predicted molar refractivity (Wildman–Crippen MR) is 124 cm³/mol. The van der Waals surface area contributed by atoms with E-state index in [0.717, 1.165) is 4.31 Å². The van der Waals surface area contributed by atoms with E-state index in [2.05, 4.69) is 5.32 Å². The fourth-order valence-corrected chi connectivity index (χ4v) is 4.21. The molecule has 0 saturated heterocycles. The number of halogens is 1. The molecule has 0 aliphatic carbocycles. The number of benzene rings is 3. The smallest absolute Gasteiger partial charge is 0.338 e. The van der Waals surface area contributed by atoms with Crippen molar-refractivity contribution in [3.05, 3.63) is 88.9 Å². The van der Waals surface area contributed by atoms with Crippen LogP contribution in [-0.4, -0.2) is 33.9 Å². The predicted octanol–water partition coefficient (Wildman–Crippen LogP) is 3.83. The summed E-state index contributed by atoms with van der Waals surface area (Å²) in [5.41, 5.74) is 1.19. The number of anilines is 2. The maximum atomic E-state index is 12.8. The van der Waals surface area contributed by atoms with Crippen LogP contribution in [0.3, 0.4) is 0 Å². The quantitative estimate of drug-likeness (QED) is 0.510. The van der Waals surface area contributed by atoms with E-state index in [1.165, 1.54) is 49.5 Å². The Kier molecular flexibility index (Phi) is 7.33. The lowest BCUT2D eigenvalue weighted by Crippen LogP contribution is -2.26. The molecule has 8 nitrogen and oxygen atoms in total. The first-order valence-corrected chi connectivity index (χ1v) is 11.3. The Morgan fingerprint density at radius 1 is 1.06 bits per heavy atom. The van der Waals surface area contributed by atoms with Crippen LogP contribution >= 0.6 is 11.6 Å². The number of nitriles is 1. The van der Waals surface area contributed by atoms with Crippen LogP contribution in [0.2, 0.25) is 5.02 Å². The first kappa shape index (κ1) is 23.8. The first-order chi connectivity index (χ1) is 15.7. The number of nitrogens with one attached hydrogen (secondary N) is 1. The van der Waals surface area contributed by atoms with E-state index >= 15 is 0 Å². The lowest BCUT2D eigenvalue weighted by Gasteiger charge is -2.19. The third kappa shape index (κ3) is 5.68. The third-order valence-corrected chi connectivity index (χ3v) is 6.69. The molecule has 0 unspecified atom stereocenters. The van der Waals surface area contributed by atoms with Crippen LogP contribution in [0.5, 0.6) is 0 Å². The van der Waals surface area contributed by atoms with Gasteiger partial charge < -0.3 is 10.1 Å². The highest BCUT2D eigenvalue weighted by atomic mass is 35.5. The number of amides is 1. The van der Waals surface area contributed by atoms with Gasteiger partial charge in [-0.1, -0.05) is 29.8 Å². The number of rotatable bonds is 7. The monoisotopic (exact) mass is 483 g/mol. The number of sulfonamides is 1. The molecule has 0 fully saturated rings. The molecule has 168 valence electrons. The lowest BCUT2D eigenvalue weighted by molar-refractivity contribution is -0.119. The Morgan fingerprint density at radius 3 is 2.33 bits per heavy atom. The Bertz CT molecular complexity index is 1320. The van der Waals surface area contributed by atoms with Gasteiger partial charge in [0.2, 0.25) is 0 Å². The molecule has 1 amide bonds. The van der Waals surface area contributed by atoms with Crippen LogP contribution < -0.4 is 9.62 Å². The molecule has 33 heavy (non-hydrogen) atoms. The maximum Gasteiger partial charge on any atom is 0.338 e. The maximum absolute atomic E-state index is 12.8. The van der Waals surface area contributed by atoms with Gasteiger partial charge in [-0.25, -0.2) is 13.2 Å². The van der Waals surface area contributed by atoms with E-state index in [4.69, 9.17) is 21.6 Å². The minimum atomic E-state index is -3.82. The molecule has 0 bridgehead atoms. The van der Waals surface area contributed by atoms with Crippen LogP contribution in [-0.2, 0) is 19.6 Å². The summed E-state index contributed by atoms with van der Waals surface area (Å²) in [5, 5.41) is 11.6. The minimum absolute atomic E-state index is 0.000778. The summed E-state index contributed by atoms with van der Waals surface area (Å²) in [6, 6.07) is 20.1. The number of para-hydroxylation sites is 1. The highest BCUT2D eigenvalue weighted by Gasteiger charge is 2.22. The zero-order valence-electron chi connectivity index (χ0n) is 17.4. The van der Waals surface area contributed by atoms with Gasteiger partial charge in [0, 0.05) is 12.7 Å². The van der Waals surface area contributed by atoms with Crippen LogP contribution in [0.25, 0.3) is 0 Å². The second kappa shape index (κ2) is 10.2. The summed E-state index contributed by atoms with van der Waals surface area (Å²) in [6.07, 6.45) is 0. The van der Waals surface area contributed by atoms with Gasteiger partial charge >= 0.3 is 5.97 Å². The second-order valence-electron chi connectivity index (χ2n) is 6.76. The van der Waals surface area contributed by atoms with Crippen molar-refractivity contribution in [3.8, 4) is 6.07 Å². The van der Waals surface area contributed by atoms with Crippen LogP contribution in [0, 0.1) is 11.3 Å². The van der Waals surface area contributed by atoms with Crippen molar-refractivity contribution in [1.29, 1.82) is 5.26 Å². The van der Waals surface area contributed by atoms with Crippen molar-refractivity contribution in [2.45, 2.75) is 4.90 Å². The third-order valence-electron chi connectivity index (χ3n) is 4.58. The van der Waals surface area contributed by atoms with Crippen molar-refractivity contribution >= 4 is 44.9 Å². The summed E-state index contributed by atoms with van der Waals surface area (Å²) in [6.45, 7) is -0.562. The lowest BCUT2D eigenvalue weighted by atomic mass is 10.2. The van der Waals surface area contributed by atoms with Gasteiger partial charge in [-0.15, -0.1) is 0 Å². The molecule has 0 spiro atoms. The van der Waals surface area contributed by atoms with Crippen LogP contribution in [0.15, 0.2) is 77.7 Å². The molecule has 3 rings (SSSR count). The Hall–Kier alpha value is -3.87. The number of ether oxygens (including phenoxy) is 1. The molecular weight excluding hydrogens is 466 g/mol. The zero-order valence-corrected chi connectivity index (χ0v) is 18.9. The highest BCUT2D eigenvalue weighted by Crippen LogP contribution is 2.22. The van der Waals surface area contributed by atoms with Gasteiger partial charge in [0.25, 0.3) is 15.9 Å². The molecule has 0 heterocycles. The average Bonchev–Trinajstić information content (AvgIpc) is 2.82. The van der Waals surface area contributed by atoms with E-state index in [9.17, 15) is 18.0 Å². The van der Waals surface area contributed by atoms with Gasteiger partial charge in [-0.2, -0.15) is 5.26 Å². The Balaban J connectivity index is 1.60. The van der Waals surface area contributed by atoms with E-state index in [-0.39, 0.29) is 21.0 Å². The topological polar surface area (TPSA) is 117 Å². The summed E-state index contributed by atoms with van der Waals surface area (Å²) < 4.78 is 31.7. The van der Waals surface area contributed by atoms with Gasteiger partial charge in [0.05, 0.1) is 26.7 Å². The fraction of sp³-hybridized carbons (Fsp3) is 0.0870. The summed E-state index contributed by atoms with van der Waals surface area (Å²) >= 11 is 5.91. The molecule has 0 aliphatic heterocycles. The summed E-state index contributed by atoms with van der Waals surface area (Å²) in [5.74, 6) is -1.39.